The molecule has 0 aliphatic rings. The molecule has 7 heteroatoms. The van der Waals surface area contributed by atoms with E-state index in [0.29, 0.717) is 5.56 Å². The van der Waals surface area contributed by atoms with Crippen LogP contribution in [-0.2, 0) is 6.42 Å². The largest absolute Gasteiger partial charge is 0.382 e. The van der Waals surface area contributed by atoms with Crippen LogP contribution in [0, 0.1) is 0 Å². The Morgan fingerprint density at radius 3 is 2.95 bits per heavy atom. The summed E-state index contributed by atoms with van der Waals surface area (Å²) in [6.45, 7) is 4.58. The molecule has 20 heavy (non-hydrogen) atoms. The van der Waals surface area contributed by atoms with Gasteiger partial charge in [-0.25, -0.2) is 0 Å². The Labute approximate surface area is 126 Å². The Morgan fingerprint density at radius 2 is 2.30 bits per heavy atom. The van der Waals surface area contributed by atoms with E-state index in [-0.39, 0.29) is 17.8 Å². The highest BCUT2D eigenvalue weighted by molar-refractivity contribution is 7.11. The molecule has 0 saturated heterocycles. The third-order valence-corrected chi connectivity index (χ3v) is 4.20. The summed E-state index contributed by atoms with van der Waals surface area (Å²) in [4.78, 5) is 12.1. The quantitative estimate of drug-likeness (QED) is 0.766. The van der Waals surface area contributed by atoms with E-state index in [4.69, 9.17) is 5.73 Å². The van der Waals surface area contributed by atoms with Gasteiger partial charge in [0.25, 0.3) is 5.91 Å². The fraction of sp³-hybridized carbons (Fsp3) is 0.385. The van der Waals surface area contributed by atoms with Gasteiger partial charge in [-0.05, 0) is 54.2 Å². The Balaban J connectivity index is 1.99. The van der Waals surface area contributed by atoms with Crippen molar-refractivity contribution in [3.05, 3.63) is 28.0 Å². The topological polar surface area (TPSA) is 80.0 Å². The van der Waals surface area contributed by atoms with Crippen molar-refractivity contribution in [2.45, 2.75) is 26.3 Å². The molecule has 0 spiro atoms. The van der Waals surface area contributed by atoms with Crippen LogP contribution < -0.4 is 16.4 Å². The average Bonchev–Trinajstić information content (AvgIpc) is 2.98. The SMILES string of the molecule is CC(C)NC(=O)c1c(N)nsc1NCCc1ccsc1. The number of carbonyl (C=O) groups excluding carboxylic acids is 1. The van der Waals surface area contributed by atoms with Crippen LogP contribution in [0.3, 0.4) is 0 Å². The third-order valence-electron chi connectivity index (χ3n) is 2.64. The lowest BCUT2D eigenvalue weighted by molar-refractivity contribution is 0.0945. The second-order valence-electron chi connectivity index (χ2n) is 4.71. The summed E-state index contributed by atoms with van der Waals surface area (Å²) in [6, 6.07) is 2.17. The second kappa shape index (κ2) is 6.71. The maximum absolute atomic E-state index is 12.1. The molecule has 108 valence electrons. The number of nitrogens with one attached hydrogen (secondary N) is 2. The Bertz CT molecular complexity index is 563. The van der Waals surface area contributed by atoms with Gasteiger partial charge in [0.15, 0.2) is 5.82 Å². The molecule has 2 aromatic rings. The van der Waals surface area contributed by atoms with Crippen molar-refractivity contribution in [1.29, 1.82) is 0 Å². The van der Waals surface area contributed by atoms with Gasteiger partial charge < -0.3 is 16.4 Å². The summed E-state index contributed by atoms with van der Waals surface area (Å²) >= 11 is 2.91. The Kier molecular flexibility index (Phi) is 4.97. The van der Waals surface area contributed by atoms with E-state index in [1.165, 1.54) is 17.1 Å². The lowest BCUT2D eigenvalue weighted by atomic mass is 10.2. The van der Waals surface area contributed by atoms with Gasteiger partial charge >= 0.3 is 0 Å². The van der Waals surface area contributed by atoms with Crippen molar-refractivity contribution < 1.29 is 4.79 Å². The molecule has 0 unspecified atom stereocenters. The molecule has 0 aliphatic carbocycles. The summed E-state index contributed by atoms with van der Waals surface area (Å²) in [6.07, 6.45) is 0.909. The zero-order valence-electron chi connectivity index (χ0n) is 11.5. The fourth-order valence-corrected chi connectivity index (χ4v) is 3.17. The minimum atomic E-state index is -0.177. The molecule has 4 N–H and O–H groups in total. The molecule has 0 aliphatic heterocycles. The van der Waals surface area contributed by atoms with Gasteiger partial charge in [-0.15, -0.1) is 0 Å². The van der Waals surface area contributed by atoms with Crippen LogP contribution in [0.2, 0.25) is 0 Å². The fourth-order valence-electron chi connectivity index (χ4n) is 1.73. The maximum Gasteiger partial charge on any atom is 0.258 e. The number of hydrogen-bond acceptors (Lipinski definition) is 6. The van der Waals surface area contributed by atoms with Gasteiger partial charge in [-0.3, -0.25) is 4.79 Å². The predicted molar refractivity (Wildman–Crippen MR) is 85.6 cm³/mol. The van der Waals surface area contributed by atoms with Crippen molar-refractivity contribution in [3.8, 4) is 0 Å². The average molecular weight is 310 g/mol. The van der Waals surface area contributed by atoms with Gasteiger partial charge in [-0.1, -0.05) is 0 Å². The molecule has 0 atom stereocenters. The standard InChI is InChI=1S/C13H18N4OS2/c1-8(2)16-12(18)10-11(14)17-20-13(10)15-5-3-9-4-6-19-7-9/h4,6-8,15H,3,5H2,1-2H3,(H2,14,17)(H,16,18). The first kappa shape index (κ1) is 14.8. The van der Waals surface area contributed by atoms with Crippen LogP contribution in [0.4, 0.5) is 10.8 Å². The molecule has 0 bridgehead atoms. The van der Waals surface area contributed by atoms with Gasteiger partial charge in [-0.2, -0.15) is 15.7 Å². The summed E-state index contributed by atoms with van der Waals surface area (Å²) in [7, 11) is 0. The van der Waals surface area contributed by atoms with Crippen molar-refractivity contribution in [2.24, 2.45) is 0 Å². The van der Waals surface area contributed by atoms with Crippen LogP contribution in [-0.4, -0.2) is 22.9 Å². The number of amides is 1. The van der Waals surface area contributed by atoms with Gasteiger partial charge in [0, 0.05) is 12.6 Å². The molecule has 0 radical (unpaired) electrons. The summed E-state index contributed by atoms with van der Waals surface area (Å²) in [5.41, 5.74) is 7.52. The van der Waals surface area contributed by atoms with Gasteiger partial charge in [0.1, 0.15) is 10.6 Å². The number of nitrogens with zero attached hydrogens (tertiary/aromatic N) is 1. The number of carbonyl (C=O) groups is 1. The number of nitrogen functional groups attached to an aromatic ring is 1. The maximum atomic E-state index is 12.1. The lowest BCUT2D eigenvalue weighted by Crippen LogP contribution is -2.31. The van der Waals surface area contributed by atoms with Crippen molar-refractivity contribution in [1.82, 2.24) is 9.69 Å². The molecular weight excluding hydrogens is 292 g/mol. The molecular formula is C13H18N4OS2. The van der Waals surface area contributed by atoms with E-state index in [2.05, 4.69) is 31.8 Å². The molecule has 2 aromatic heterocycles. The number of anilines is 2. The van der Waals surface area contributed by atoms with Crippen LogP contribution in [0.5, 0.6) is 0 Å². The predicted octanol–water partition coefficient (Wildman–Crippen LogP) is 2.58. The normalized spacial score (nSPS) is 10.8. The highest BCUT2D eigenvalue weighted by atomic mass is 32.1. The van der Waals surface area contributed by atoms with E-state index in [1.54, 1.807) is 11.3 Å². The van der Waals surface area contributed by atoms with Crippen LogP contribution in [0.15, 0.2) is 16.8 Å². The molecule has 5 nitrogen and oxygen atoms in total. The van der Waals surface area contributed by atoms with Gasteiger partial charge in [0.05, 0.1) is 0 Å². The van der Waals surface area contributed by atoms with Crippen molar-refractivity contribution in [3.63, 3.8) is 0 Å². The zero-order valence-corrected chi connectivity index (χ0v) is 13.1. The monoisotopic (exact) mass is 310 g/mol. The Morgan fingerprint density at radius 1 is 1.50 bits per heavy atom. The molecule has 0 saturated carbocycles. The highest BCUT2D eigenvalue weighted by Crippen LogP contribution is 2.26. The number of hydrogen-bond donors (Lipinski definition) is 3. The second-order valence-corrected chi connectivity index (χ2v) is 6.26. The molecule has 2 heterocycles. The summed E-state index contributed by atoms with van der Waals surface area (Å²) in [5, 5.41) is 11.0. The van der Waals surface area contributed by atoms with E-state index in [1.807, 2.05) is 13.8 Å². The zero-order chi connectivity index (χ0) is 14.5. The van der Waals surface area contributed by atoms with Crippen molar-refractivity contribution in [2.75, 3.05) is 17.6 Å². The van der Waals surface area contributed by atoms with Crippen LogP contribution in [0.1, 0.15) is 29.8 Å². The Hall–Kier alpha value is -1.60. The minimum Gasteiger partial charge on any atom is -0.382 e. The first-order chi connectivity index (χ1) is 9.58. The summed E-state index contributed by atoms with van der Waals surface area (Å²) < 4.78 is 4.06. The van der Waals surface area contributed by atoms with E-state index in [0.717, 1.165) is 18.0 Å². The smallest absolute Gasteiger partial charge is 0.258 e. The highest BCUT2D eigenvalue weighted by Gasteiger charge is 2.19. The first-order valence-corrected chi connectivity index (χ1v) is 8.10. The molecule has 1 amide bonds. The number of rotatable bonds is 6. The van der Waals surface area contributed by atoms with Crippen LogP contribution in [0.25, 0.3) is 0 Å². The summed E-state index contributed by atoms with van der Waals surface area (Å²) in [5.74, 6) is 0.107. The molecule has 2 rings (SSSR count). The first-order valence-electron chi connectivity index (χ1n) is 6.39. The number of nitrogens with two attached hydrogens (primary N) is 1. The molecule has 0 aromatic carbocycles. The van der Waals surface area contributed by atoms with E-state index < -0.39 is 0 Å². The van der Waals surface area contributed by atoms with Crippen LogP contribution >= 0.6 is 22.9 Å². The number of thiophene rings is 1. The lowest BCUT2D eigenvalue weighted by Gasteiger charge is -2.10. The van der Waals surface area contributed by atoms with E-state index >= 15 is 0 Å². The number of aromatic nitrogens is 1. The minimum absolute atomic E-state index is 0.0699. The third kappa shape index (κ3) is 3.71. The van der Waals surface area contributed by atoms with Crippen molar-refractivity contribution >= 4 is 39.6 Å². The molecule has 0 fully saturated rings. The van der Waals surface area contributed by atoms with E-state index in [9.17, 15) is 4.79 Å². The van der Waals surface area contributed by atoms with Gasteiger partial charge in [0.2, 0.25) is 0 Å².